The van der Waals surface area contributed by atoms with E-state index in [2.05, 4.69) is 11.4 Å². The topological polar surface area (TPSA) is 55.1 Å². The first-order valence-corrected chi connectivity index (χ1v) is 7.25. The van der Waals surface area contributed by atoms with Crippen LogP contribution in [0.2, 0.25) is 0 Å². The number of hydrogen-bond acceptors (Lipinski definition) is 2. The van der Waals surface area contributed by atoms with E-state index < -0.39 is 5.41 Å². The van der Waals surface area contributed by atoms with Gasteiger partial charge in [-0.1, -0.05) is 19.3 Å². The molecule has 1 aliphatic heterocycles. The smallest absolute Gasteiger partial charge is 0.234 e. The molecule has 1 aromatic carbocycles. The molecule has 1 fully saturated rings. The molecule has 102 valence electrons. The lowest BCUT2D eigenvalue weighted by molar-refractivity contribution is -0.119. The highest BCUT2D eigenvalue weighted by Crippen LogP contribution is 2.46. The predicted molar refractivity (Wildman–Crippen MR) is 78.3 cm³/mol. The van der Waals surface area contributed by atoms with Crippen molar-refractivity contribution < 1.29 is 4.79 Å². The summed E-state index contributed by atoms with van der Waals surface area (Å²) in [4.78, 5) is 12.1. The molecule has 1 aromatic rings. The number of nitrogens with two attached hydrogens (primary N) is 1. The second kappa shape index (κ2) is 4.26. The maximum absolute atomic E-state index is 12.1. The minimum Gasteiger partial charge on any atom is -0.399 e. The number of hydrogen-bond donors (Lipinski definition) is 2. The molecule has 0 saturated heterocycles. The molecule has 0 atom stereocenters. The second-order valence-corrected chi connectivity index (χ2v) is 6.45. The average Bonchev–Trinajstić information content (AvgIpc) is 2.62. The van der Waals surface area contributed by atoms with Crippen LogP contribution in [0.5, 0.6) is 0 Å². The molecule has 2 aliphatic rings. The van der Waals surface area contributed by atoms with Gasteiger partial charge in [0, 0.05) is 11.4 Å². The molecule has 1 saturated carbocycles. The zero-order valence-electron chi connectivity index (χ0n) is 11.8. The maximum atomic E-state index is 12.1. The molecule has 1 heterocycles. The number of carbonyl (C=O) groups is 1. The van der Waals surface area contributed by atoms with Crippen LogP contribution in [0.25, 0.3) is 0 Å². The summed E-state index contributed by atoms with van der Waals surface area (Å²) in [7, 11) is 0. The van der Waals surface area contributed by atoms with Crippen molar-refractivity contribution in [3.05, 3.63) is 23.3 Å². The summed E-state index contributed by atoms with van der Waals surface area (Å²) in [5.74, 6) is 0.644. The Morgan fingerprint density at radius 3 is 2.58 bits per heavy atom. The molecule has 1 aliphatic carbocycles. The molecule has 0 radical (unpaired) electrons. The van der Waals surface area contributed by atoms with Gasteiger partial charge in [-0.15, -0.1) is 0 Å². The van der Waals surface area contributed by atoms with Crippen molar-refractivity contribution in [3.63, 3.8) is 0 Å². The Morgan fingerprint density at radius 2 is 1.89 bits per heavy atom. The highest BCUT2D eigenvalue weighted by Gasteiger charge is 2.40. The van der Waals surface area contributed by atoms with Gasteiger partial charge in [0.1, 0.15) is 0 Å². The Kier molecular flexibility index (Phi) is 2.80. The van der Waals surface area contributed by atoms with E-state index in [4.69, 9.17) is 5.73 Å². The van der Waals surface area contributed by atoms with Gasteiger partial charge in [-0.25, -0.2) is 0 Å². The van der Waals surface area contributed by atoms with E-state index in [1.165, 1.54) is 37.7 Å². The normalized spacial score (nSPS) is 22.1. The van der Waals surface area contributed by atoms with Gasteiger partial charge in [-0.3, -0.25) is 4.79 Å². The van der Waals surface area contributed by atoms with Crippen molar-refractivity contribution >= 4 is 17.3 Å². The third kappa shape index (κ3) is 1.92. The van der Waals surface area contributed by atoms with E-state index in [0.29, 0.717) is 5.92 Å². The van der Waals surface area contributed by atoms with Crippen molar-refractivity contribution in [3.8, 4) is 0 Å². The molecule has 19 heavy (non-hydrogen) atoms. The molecule has 0 unspecified atom stereocenters. The van der Waals surface area contributed by atoms with Gasteiger partial charge in [0.05, 0.1) is 5.41 Å². The number of nitrogens with one attached hydrogen (secondary N) is 1. The van der Waals surface area contributed by atoms with Crippen LogP contribution in [-0.2, 0) is 10.2 Å². The number of nitrogen functional groups attached to an aromatic ring is 1. The van der Waals surface area contributed by atoms with E-state index >= 15 is 0 Å². The van der Waals surface area contributed by atoms with Gasteiger partial charge in [0.25, 0.3) is 0 Å². The van der Waals surface area contributed by atoms with Crippen molar-refractivity contribution in [2.45, 2.75) is 57.3 Å². The van der Waals surface area contributed by atoms with E-state index in [-0.39, 0.29) is 5.91 Å². The third-order valence-electron chi connectivity index (χ3n) is 4.72. The van der Waals surface area contributed by atoms with Crippen LogP contribution in [0.1, 0.15) is 63.0 Å². The predicted octanol–water partition coefficient (Wildman–Crippen LogP) is 3.55. The van der Waals surface area contributed by atoms with Crippen LogP contribution in [-0.4, -0.2) is 5.91 Å². The summed E-state index contributed by atoms with van der Waals surface area (Å²) < 4.78 is 0. The van der Waals surface area contributed by atoms with E-state index in [0.717, 1.165) is 16.9 Å². The minimum atomic E-state index is -0.464. The lowest BCUT2D eigenvalue weighted by atomic mass is 9.79. The van der Waals surface area contributed by atoms with Gasteiger partial charge in [-0.2, -0.15) is 0 Å². The van der Waals surface area contributed by atoms with Crippen molar-refractivity contribution in [1.82, 2.24) is 0 Å². The molecule has 3 rings (SSSR count). The number of anilines is 2. The molecule has 1 amide bonds. The number of amides is 1. The maximum Gasteiger partial charge on any atom is 0.234 e. The molecular formula is C16H22N2O. The number of rotatable bonds is 1. The Balaban J connectivity index is 2.10. The Labute approximate surface area is 114 Å². The fourth-order valence-electron chi connectivity index (χ4n) is 3.45. The first kappa shape index (κ1) is 12.5. The Hall–Kier alpha value is -1.51. The molecule has 0 bridgehead atoms. The number of benzene rings is 1. The summed E-state index contributed by atoms with van der Waals surface area (Å²) >= 11 is 0. The Bertz CT molecular complexity index is 528. The SMILES string of the molecule is CC1(C)C(=O)Nc2c(C3CCCCC3)cc(N)cc21. The van der Waals surface area contributed by atoms with E-state index in [1.54, 1.807) is 0 Å². The van der Waals surface area contributed by atoms with Crippen LogP contribution >= 0.6 is 0 Å². The highest BCUT2D eigenvalue weighted by atomic mass is 16.2. The lowest BCUT2D eigenvalue weighted by Crippen LogP contribution is -2.26. The van der Waals surface area contributed by atoms with Crippen LogP contribution in [0.15, 0.2) is 12.1 Å². The van der Waals surface area contributed by atoms with Gasteiger partial charge < -0.3 is 11.1 Å². The van der Waals surface area contributed by atoms with Gasteiger partial charge in [-0.05, 0) is 55.9 Å². The Morgan fingerprint density at radius 1 is 1.21 bits per heavy atom. The van der Waals surface area contributed by atoms with Crippen molar-refractivity contribution in [2.24, 2.45) is 0 Å². The molecule has 0 aromatic heterocycles. The zero-order chi connectivity index (χ0) is 13.6. The summed E-state index contributed by atoms with van der Waals surface area (Å²) in [6, 6.07) is 4.02. The largest absolute Gasteiger partial charge is 0.399 e. The van der Waals surface area contributed by atoms with Crippen LogP contribution in [0.3, 0.4) is 0 Å². The quantitative estimate of drug-likeness (QED) is 0.757. The monoisotopic (exact) mass is 258 g/mol. The first-order chi connectivity index (χ1) is 9.00. The average molecular weight is 258 g/mol. The standard InChI is InChI=1S/C16H22N2O/c1-16(2)13-9-11(17)8-12(14(13)18-15(16)19)10-6-4-3-5-7-10/h8-10H,3-7,17H2,1-2H3,(H,18,19). The summed E-state index contributed by atoms with van der Waals surface area (Å²) in [6.45, 7) is 3.94. The summed E-state index contributed by atoms with van der Waals surface area (Å²) in [5.41, 5.74) is 9.75. The summed E-state index contributed by atoms with van der Waals surface area (Å²) in [5, 5.41) is 3.09. The van der Waals surface area contributed by atoms with Gasteiger partial charge in [0.2, 0.25) is 5.91 Å². The fraction of sp³-hybridized carbons (Fsp3) is 0.562. The zero-order valence-corrected chi connectivity index (χ0v) is 11.8. The van der Waals surface area contributed by atoms with Gasteiger partial charge in [0.15, 0.2) is 0 Å². The number of carbonyl (C=O) groups excluding carboxylic acids is 1. The van der Waals surface area contributed by atoms with Crippen LogP contribution < -0.4 is 11.1 Å². The molecule has 0 spiro atoms. The van der Waals surface area contributed by atoms with Crippen molar-refractivity contribution in [1.29, 1.82) is 0 Å². The summed E-state index contributed by atoms with van der Waals surface area (Å²) in [6.07, 6.45) is 6.33. The van der Waals surface area contributed by atoms with Crippen LogP contribution in [0, 0.1) is 0 Å². The lowest BCUT2D eigenvalue weighted by Gasteiger charge is -2.25. The molecule has 3 nitrogen and oxygen atoms in total. The second-order valence-electron chi connectivity index (χ2n) is 6.45. The molecule has 3 N–H and O–H groups in total. The minimum absolute atomic E-state index is 0.0881. The van der Waals surface area contributed by atoms with E-state index in [9.17, 15) is 4.79 Å². The number of fused-ring (bicyclic) bond motifs is 1. The van der Waals surface area contributed by atoms with Gasteiger partial charge >= 0.3 is 0 Å². The third-order valence-corrected chi connectivity index (χ3v) is 4.72. The van der Waals surface area contributed by atoms with Crippen LogP contribution in [0.4, 0.5) is 11.4 Å². The van der Waals surface area contributed by atoms with E-state index in [1.807, 2.05) is 19.9 Å². The molecule has 3 heteroatoms. The fourth-order valence-corrected chi connectivity index (χ4v) is 3.45. The van der Waals surface area contributed by atoms with Crippen molar-refractivity contribution in [2.75, 3.05) is 11.1 Å². The first-order valence-electron chi connectivity index (χ1n) is 7.25. The molecular weight excluding hydrogens is 236 g/mol. The highest BCUT2D eigenvalue weighted by molar-refractivity contribution is 6.06.